The molecule has 1 amide bonds. The van der Waals surface area contributed by atoms with Crippen molar-refractivity contribution in [2.75, 3.05) is 33.4 Å². The number of nitrogens with zero attached hydrogens (tertiary/aromatic N) is 1. The van der Waals surface area contributed by atoms with E-state index >= 15 is 0 Å². The lowest BCUT2D eigenvalue weighted by Gasteiger charge is -2.17. The number of carbonyl (C=O) groups excluding carboxylic acids is 1. The number of hydrogen-bond acceptors (Lipinski definition) is 4. The molecule has 116 valence electrons. The highest BCUT2D eigenvalue weighted by atomic mass is 16.5. The molecule has 5 nitrogen and oxygen atoms in total. The van der Waals surface area contributed by atoms with Crippen LogP contribution in [0.2, 0.25) is 0 Å². The van der Waals surface area contributed by atoms with E-state index in [0.717, 1.165) is 25.1 Å². The van der Waals surface area contributed by atoms with Crippen molar-refractivity contribution in [1.82, 2.24) is 4.90 Å². The smallest absolute Gasteiger partial charge is 0.226 e. The normalized spacial score (nSPS) is 17.9. The summed E-state index contributed by atoms with van der Waals surface area (Å²) in [7, 11) is 1.62. The van der Waals surface area contributed by atoms with E-state index < -0.39 is 0 Å². The van der Waals surface area contributed by atoms with Crippen LogP contribution < -0.4 is 15.2 Å². The van der Waals surface area contributed by atoms with Crippen LogP contribution in [0.4, 0.5) is 0 Å². The van der Waals surface area contributed by atoms with Gasteiger partial charge in [-0.15, -0.1) is 0 Å². The number of aryl methyl sites for hydroxylation is 1. The Balaban J connectivity index is 1.80. The minimum absolute atomic E-state index is 0.136. The molecule has 0 saturated carbocycles. The molecule has 5 heteroatoms. The van der Waals surface area contributed by atoms with Gasteiger partial charge in [-0.05, 0) is 43.5 Å². The van der Waals surface area contributed by atoms with E-state index in [1.807, 2.05) is 30.0 Å². The molecule has 1 aliphatic rings. The topological polar surface area (TPSA) is 64.8 Å². The van der Waals surface area contributed by atoms with Crippen LogP contribution in [0.1, 0.15) is 18.4 Å². The molecule has 0 spiro atoms. The van der Waals surface area contributed by atoms with Crippen LogP contribution in [-0.2, 0) is 4.79 Å². The van der Waals surface area contributed by atoms with Gasteiger partial charge in [-0.1, -0.05) is 6.07 Å². The molecule has 1 fully saturated rings. The van der Waals surface area contributed by atoms with Gasteiger partial charge in [0.25, 0.3) is 0 Å². The van der Waals surface area contributed by atoms with Crippen molar-refractivity contribution in [3.63, 3.8) is 0 Å². The van der Waals surface area contributed by atoms with E-state index in [0.29, 0.717) is 37.0 Å². The molecule has 2 rings (SSSR count). The number of amides is 1. The lowest BCUT2D eigenvalue weighted by atomic mass is 10.1. The van der Waals surface area contributed by atoms with Gasteiger partial charge in [0.15, 0.2) is 11.5 Å². The lowest BCUT2D eigenvalue weighted by molar-refractivity contribution is -0.130. The Labute approximate surface area is 126 Å². The maximum atomic E-state index is 12.1. The first-order valence-electron chi connectivity index (χ1n) is 7.39. The quantitative estimate of drug-likeness (QED) is 0.864. The zero-order valence-electron chi connectivity index (χ0n) is 12.8. The van der Waals surface area contributed by atoms with Crippen LogP contribution in [-0.4, -0.2) is 44.2 Å². The Morgan fingerprint density at radius 1 is 1.43 bits per heavy atom. The van der Waals surface area contributed by atoms with E-state index in [1.165, 1.54) is 0 Å². The molecule has 0 bridgehead atoms. The van der Waals surface area contributed by atoms with Crippen LogP contribution >= 0.6 is 0 Å². The highest BCUT2D eigenvalue weighted by Gasteiger charge is 2.24. The molecule has 1 saturated heterocycles. The van der Waals surface area contributed by atoms with Gasteiger partial charge in [0.2, 0.25) is 5.91 Å². The van der Waals surface area contributed by atoms with Crippen LogP contribution in [0.15, 0.2) is 18.2 Å². The minimum Gasteiger partial charge on any atom is -0.493 e. The van der Waals surface area contributed by atoms with Crippen molar-refractivity contribution in [3.05, 3.63) is 23.8 Å². The fourth-order valence-corrected chi connectivity index (χ4v) is 2.55. The zero-order chi connectivity index (χ0) is 15.2. The molecule has 1 aromatic rings. The lowest BCUT2D eigenvalue weighted by Crippen LogP contribution is -2.30. The highest BCUT2D eigenvalue weighted by molar-refractivity contribution is 5.76. The van der Waals surface area contributed by atoms with Crippen molar-refractivity contribution in [2.24, 2.45) is 11.7 Å². The van der Waals surface area contributed by atoms with Crippen molar-refractivity contribution in [1.29, 1.82) is 0 Å². The highest BCUT2D eigenvalue weighted by Crippen LogP contribution is 2.27. The molecule has 1 aliphatic heterocycles. The Morgan fingerprint density at radius 2 is 2.24 bits per heavy atom. The number of nitrogens with two attached hydrogens (primary N) is 1. The van der Waals surface area contributed by atoms with Gasteiger partial charge in [-0.25, -0.2) is 0 Å². The monoisotopic (exact) mass is 292 g/mol. The van der Waals surface area contributed by atoms with Gasteiger partial charge in [0, 0.05) is 13.1 Å². The van der Waals surface area contributed by atoms with Crippen LogP contribution in [0.3, 0.4) is 0 Å². The fourth-order valence-electron chi connectivity index (χ4n) is 2.55. The Hall–Kier alpha value is -1.75. The van der Waals surface area contributed by atoms with Gasteiger partial charge in [0.1, 0.15) is 0 Å². The number of benzene rings is 1. The number of carbonyl (C=O) groups is 1. The van der Waals surface area contributed by atoms with Crippen LogP contribution in [0.5, 0.6) is 11.5 Å². The number of ether oxygens (including phenoxy) is 2. The summed E-state index contributed by atoms with van der Waals surface area (Å²) in [6, 6.07) is 5.76. The van der Waals surface area contributed by atoms with Gasteiger partial charge >= 0.3 is 0 Å². The average molecular weight is 292 g/mol. The summed E-state index contributed by atoms with van der Waals surface area (Å²) in [5.74, 6) is 1.97. The second kappa shape index (κ2) is 7.31. The number of methoxy groups -OCH3 is 1. The number of likely N-dealkylation sites (tertiary alicyclic amines) is 1. The van der Waals surface area contributed by atoms with Crippen LogP contribution in [0, 0.1) is 12.8 Å². The molecular formula is C16H24N2O3. The summed E-state index contributed by atoms with van der Waals surface area (Å²) in [6.45, 7) is 4.61. The standard InChI is InChI=1S/C16H24N2O3/c1-12-3-4-14(15(9-12)20-2)21-8-6-16(19)18-7-5-13(10-17)11-18/h3-4,9,13H,5-8,10-11,17H2,1-2H3. The maximum absolute atomic E-state index is 12.1. The number of hydrogen-bond donors (Lipinski definition) is 1. The zero-order valence-corrected chi connectivity index (χ0v) is 12.8. The third-order valence-electron chi connectivity index (χ3n) is 3.86. The first kappa shape index (κ1) is 15.6. The molecule has 0 radical (unpaired) electrons. The van der Waals surface area contributed by atoms with E-state index in [9.17, 15) is 4.79 Å². The summed E-state index contributed by atoms with van der Waals surface area (Å²) in [5, 5.41) is 0. The van der Waals surface area contributed by atoms with Gasteiger partial charge in [-0.3, -0.25) is 4.79 Å². The molecule has 0 aliphatic carbocycles. The maximum Gasteiger partial charge on any atom is 0.226 e. The molecule has 1 unspecified atom stereocenters. The third-order valence-corrected chi connectivity index (χ3v) is 3.86. The molecule has 2 N–H and O–H groups in total. The second-order valence-corrected chi connectivity index (χ2v) is 5.48. The van der Waals surface area contributed by atoms with Crippen LogP contribution in [0.25, 0.3) is 0 Å². The van der Waals surface area contributed by atoms with Gasteiger partial charge < -0.3 is 20.1 Å². The molecule has 21 heavy (non-hydrogen) atoms. The average Bonchev–Trinajstić information content (AvgIpc) is 2.97. The van der Waals surface area contributed by atoms with E-state index in [1.54, 1.807) is 7.11 Å². The van der Waals surface area contributed by atoms with Gasteiger partial charge in [-0.2, -0.15) is 0 Å². The predicted octanol–water partition coefficient (Wildman–Crippen LogP) is 1.58. The first-order chi connectivity index (χ1) is 10.1. The summed E-state index contributed by atoms with van der Waals surface area (Å²) < 4.78 is 10.9. The first-order valence-corrected chi connectivity index (χ1v) is 7.39. The fraction of sp³-hybridized carbons (Fsp3) is 0.562. The SMILES string of the molecule is COc1cc(C)ccc1OCCC(=O)N1CCC(CN)C1. The minimum atomic E-state index is 0.136. The summed E-state index contributed by atoms with van der Waals surface area (Å²) in [4.78, 5) is 14.0. The largest absolute Gasteiger partial charge is 0.493 e. The Bertz CT molecular complexity index is 490. The summed E-state index contributed by atoms with van der Waals surface area (Å²) >= 11 is 0. The molecule has 0 aromatic heterocycles. The van der Waals surface area contributed by atoms with Crippen molar-refractivity contribution in [2.45, 2.75) is 19.8 Å². The van der Waals surface area contributed by atoms with Crippen molar-refractivity contribution >= 4 is 5.91 Å². The van der Waals surface area contributed by atoms with Crippen molar-refractivity contribution < 1.29 is 14.3 Å². The molecule has 1 heterocycles. The van der Waals surface area contributed by atoms with E-state index in [4.69, 9.17) is 15.2 Å². The summed E-state index contributed by atoms with van der Waals surface area (Å²) in [5.41, 5.74) is 6.75. The molecule has 1 atom stereocenters. The van der Waals surface area contributed by atoms with E-state index in [2.05, 4.69) is 0 Å². The third kappa shape index (κ3) is 4.11. The number of rotatable bonds is 6. The molecular weight excluding hydrogens is 268 g/mol. The Kier molecular flexibility index (Phi) is 5.44. The summed E-state index contributed by atoms with van der Waals surface area (Å²) in [6.07, 6.45) is 1.39. The van der Waals surface area contributed by atoms with Gasteiger partial charge in [0.05, 0.1) is 20.1 Å². The predicted molar refractivity (Wildman–Crippen MR) is 81.6 cm³/mol. The second-order valence-electron chi connectivity index (χ2n) is 5.48. The molecule has 1 aromatic carbocycles. The van der Waals surface area contributed by atoms with Crippen molar-refractivity contribution in [3.8, 4) is 11.5 Å². The van der Waals surface area contributed by atoms with E-state index in [-0.39, 0.29) is 5.91 Å². The Morgan fingerprint density at radius 3 is 2.90 bits per heavy atom.